The average molecular weight is 342 g/mol. The maximum atomic E-state index is 13.4. The van der Waals surface area contributed by atoms with Gasteiger partial charge in [0.25, 0.3) is 5.91 Å². The number of nitrogens with zero attached hydrogens (tertiary/aromatic N) is 2. The van der Waals surface area contributed by atoms with Crippen LogP contribution < -0.4 is 0 Å². The van der Waals surface area contributed by atoms with Gasteiger partial charge >= 0.3 is 0 Å². The molecule has 136 valence electrons. The van der Waals surface area contributed by atoms with Gasteiger partial charge in [-0.2, -0.15) is 0 Å². The van der Waals surface area contributed by atoms with Crippen LogP contribution in [0, 0.1) is 6.92 Å². The monoisotopic (exact) mass is 342 g/mol. The van der Waals surface area contributed by atoms with Crippen molar-refractivity contribution in [1.82, 2.24) is 9.47 Å². The van der Waals surface area contributed by atoms with E-state index in [4.69, 9.17) is 0 Å². The predicted octanol–water partition coefficient (Wildman–Crippen LogP) is 3.91. The Balaban J connectivity index is 2.07. The van der Waals surface area contributed by atoms with E-state index < -0.39 is 0 Å². The molecule has 3 rings (SSSR count). The van der Waals surface area contributed by atoms with Gasteiger partial charge in [0, 0.05) is 36.6 Å². The number of carbonyl (C=O) groups excluding carboxylic acids is 1. The average Bonchev–Trinajstić information content (AvgIpc) is 2.93. The van der Waals surface area contributed by atoms with Gasteiger partial charge < -0.3 is 14.6 Å². The fraction of sp³-hybridized carbons (Fsp3) is 0.571. The molecule has 1 amide bonds. The van der Waals surface area contributed by atoms with Gasteiger partial charge in [0.15, 0.2) is 0 Å². The minimum atomic E-state index is 0.131. The summed E-state index contributed by atoms with van der Waals surface area (Å²) < 4.78 is 2.16. The number of amides is 1. The van der Waals surface area contributed by atoms with E-state index in [1.165, 1.54) is 10.9 Å². The van der Waals surface area contributed by atoms with Gasteiger partial charge in [-0.1, -0.05) is 13.0 Å². The second-order valence-corrected chi connectivity index (χ2v) is 7.08. The third-order valence-corrected chi connectivity index (χ3v) is 5.66. The third-order valence-electron chi connectivity index (χ3n) is 5.66. The fourth-order valence-electron chi connectivity index (χ4n) is 4.25. The molecule has 1 aromatic heterocycles. The summed E-state index contributed by atoms with van der Waals surface area (Å²) >= 11 is 0. The van der Waals surface area contributed by atoms with Gasteiger partial charge in [0.1, 0.15) is 5.69 Å². The SMILES string of the molecule is CCc1ccc2c(c1)c(C)c(C(=O)N1CCCCC1CCO)n2CC. The Morgan fingerprint density at radius 3 is 2.76 bits per heavy atom. The second kappa shape index (κ2) is 7.61. The number of likely N-dealkylation sites (tertiary alicyclic amines) is 1. The zero-order valence-corrected chi connectivity index (χ0v) is 15.7. The van der Waals surface area contributed by atoms with Crippen LogP contribution >= 0.6 is 0 Å². The lowest BCUT2D eigenvalue weighted by molar-refractivity contribution is 0.0563. The first-order chi connectivity index (χ1) is 12.1. The van der Waals surface area contributed by atoms with Gasteiger partial charge in [-0.05, 0) is 69.2 Å². The molecule has 0 spiro atoms. The van der Waals surface area contributed by atoms with E-state index in [0.717, 1.165) is 55.5 Å². The third kappa shape index (κ3) is 3.20. The molecular weight excluding hydrogens is 312 g/mol. The number of hydrogen-bond donors (Lipinski definition) is 1. The summed E-state index contributed by atoms with van der Waals surface area (Å²) in [5.41, 5.74) is 4.37. The zero-order valence-electron chi connectivity index (χ0n) is 15.7. The quantitative estimate of drug-likeness (QED) is 0.895. The molecule has 2 heterocycles. The van der Waals surface area contributed by atoms with Crippen molar-refractivity contribution in [2.75, 3.05) is 13.2 Å². The van der Waals surface area contributed by atoms with Crippen molar-refractivity contribution < 1.29 is 9.90 Å². The molecule has 4 nitrogen and oxygen atoms in total. The van der Waals surface area contributed by atoms with E-state index >= 15 is 0 Å². The standard InChI is InChI=1S/C21H30N2O2/c1-4-16-9-10-19-18(14-16)15(3)20(22(19)5-2)21(25)23-12-7-6-8-17(23)11-13-24/h9-10,14,17,24H,4-8,11-13H2,1-3H3. The number of benzene rings is 1. The molecule has 0 saturated carbocycles. The van der Waals surface area contributed by atoms with Crippen LogP contribution in [0.5, 0.6) is 0 Å². The topological polar surface area (TPSA) is 45.5 Å². The van der Waals surface area contributed by atoms with E-state index in [1.54, 1.807) is 0 Å². The molecule has 1 fully saturated rings. The minimum absolute atomic E-state index is 0.131. The van der Waals surface area contributed by atoms with Gasteiger partial charge in [0.2, 0.25) is 0 Å². The van der Waals surface area contributed by atoms with E-state index in [-0.39, 0.29) is 18.6 Å². The van der Waals surface area contributed by atoms with Crippen LogP contribution in [-0.4, -0.2) is 39.7 Å². The van der Waals surface area contributed by atoms with Crippen molar-refractivity contribution in [2.24, 2.45) is 0 Å². The first-order valence-corrected chi connectivity index (χ1v) is 9.65. The summed E-state index contributed by atoms with van der Waals surface area (Å²) in [5.74, 6) is 0.131. The summed E-state index contributed by atoms with van der Waals surface area (Å²) in [5, 5.41) is 10.6. The van der Waals surface area contributed by atoms with E-state index in [0.29, 0.717) is 6.42 Å². The van der Waals surface area contributed by atoms with Crippen LogP contribution in [0.25, 0.3) is 10.9 Å². The highest BCUT2D eigenvalue weighted by molar-refractivity contribution is 6.02. The summed E-state index contributed by atoms with van der Waals surface area (Å²) in [4.78, 5) is 15.4. The highest BCUT2D eigenvalue weighted by Gasteiger charge is 2.30. The van der Waals surface area contributed by atoms with Crippen molar-refractivity contribution in [1.29, 1.82) is 0 Å². The number of hydrogen-bond acceptors (Lipinski definition) is 2. The normalized spacial score (nSPS) is 18.1. The molecule has 1 aromatic carbocycles. The van der Waals surface area contributed by atoms with Gasteiger partial charge in [0.05, 0.1) is 0 Å². The predicted molar refractivity (Wildman–Crippen MR) is 102 cm³/mol. The molecule has 1 atom stereocenters. The van der Waals surface area contributed by atoms with E-state index in [1.807, 2.05) is 4.90 Å². The number of aromatic nitrogens is 1. The molecule has 0 radical (unpaired) electrons. The molecule has 1 aliphatic rings. The van der Waals surface area contributed by atoms with Crippen molar-refractivity contribution in [3.8, 4) is 0 Å². The summed E-state index contributed by atoms with van der Waals surface area (Å²) in [6.45, 7) is 8.07. The van der Waals surface area contributed by atoms with E-state index in [9.17, 15) is 9.90 Å². The zero-order chi connectivity index (χ0) is 18.0. The van der Waals surface area contributed by atoms with Crippen molar-refractivity contribution in [2.45, 2.75) is 65.5 Å². The number of rotatable bonds is 5. The fourth-order valence-corrected chi connectivity index (χ4v) is 4.25. The Morgan fingerprint density at radius 2 is 2.08 bits per heavy atom. The Bertz CT molecular complexity index is 761. The van der Waals surface area contributed by atoms with Gasteiger partial charge in [-0.3, -0.25) is 4.79 Å². The van der Waals surface area contributed by atoms with Crippen molar-refractivity contribution >= 4 is 16.8 Å². The summed E-state index contributed by atoms with van der Waals surface area (Å²) in [7, 11) is 0. The molecule has 1 unspecified atom stereocenters. The van der Waals surface area contributed by atoms with Crippen LogP contribution in [0.4, 0.5) is 0 Å². The Kier molecular flexibility index (Phi) is 5.48. The van der Waals surface area contributed by atoms with Crippen LogP contribution in [0.15, 0.2) is 18.2 Å². The van der Waals surface area contributed by atoms with Crippen LogP contribution in [0.2, 0.25) is 0 Å². The molecule has 25 heavy (non-hydrogen) atoms. The lowest BCUT2D eigenvalue weighted by atomic mass is 9.98. The second-order valence-electron chi connectivity index (χ2n) is 7.08. The molecule has 1 N–H and O–H groups in total. The van der Waals surface area contributed by atoms with Crippen LogP contribution in [-0.2, 0) is 13.0 Å². The maximum absolute atomic E-state index is 13.4. The van der Waals surface area contributed by atoms with Crippen molar-refractivity contribution in [3.05, 3.63) is 35.0 Å². The molecule has 0 aliphatic carbocycles. The van der Waals surface area contributed by atoms with Crippen molar-refractivity contribution in [3.63, 3.8) is 0 Å². The Labute approximate surface area is 150 Å². The Morgan fingerprint density at radius 1 is 1.28 bits per heavy atom. The molecule has 2 aromatic rings. The van der Waals surface area contributed by atoms with Crippen LogP contribution in [0.3, 0.4) is 0 Å². The lowest BCUT2D eigenvalue weighted by Gasteiger charge is -2.36. The number of carbonyl (C=O) groups is 1. The summed E-state index contributed by atoms with van der Waals surface area (Å²) in [6, 6.07) is 6.72. The van der Waals surface area contributed by atoms with E-state index in [2.05, 4.69) is 43.5 Å². The molecular formula is C21H30N2O2. The first-order valence-electron chi connectivity index (χ1n) is 9.65. The lowest BCUT2D eigenvalue weighted by Crippen LogP contribution is -2.45. The van der Waals surface area contributed by atoms with Gasteiger partial charge in [-0.25, -0.2) is 0 Å². The number of aryl methyl sites for hydroxylation is 3. The number of aliphatic hydroxyl groups is 1. The maximum Gasteiger partial charge on any atom is 0.271 e. The largest absolute Gasteiger partial charge is 0.396 e. The first kappa shape index (κ1) is 18.0. The van der Waals surface area contributed by atoms with Crippen LogP contribution in [0.1, 0.15) is 61.1 Å². The minimum Gasteiger partial charge on any atom is -0.396 e. The van der Waals surface area contributed by atoms with Gasteiger partial charge in [-0.15, -0.1) is 0 Å². The molecule has 4 heteroatoms. The summed E-state index contributed by atoms with van der Waals surface area (Å²) in [6.07, 6.45) is 4.87. The molecule has 0 bridgehead atoms. The smallest absolute Gasteiger partial charge is 0.271 e. The highest BCUT2D eigenvalue weighted by Crippen LogP contribution is 2.30. The number of aliphatic hydroxyl groups excluding tert-OH is 1. The number of fused-ring (bicyclic) bond motifs is 1. The number of piperidine rings is 1. The molecule has 1 aliphatic heterocycles. The Hall–Kier alpha value is -1.81. The highest BCUT2D eigenvalue weighted by atomic mass is 16.3. The molecule has 1 saturated heterocycles.